The number of amides is 20. The Kier molecular flexibility index (Phi) is 36.5. The summed E-state index contributed by atoms with van der Waals surface area (Å²) in [5, 5.41) is 49.9. The highest BCUT2D eigenvalue weighted by atomic mass is 35.5. The molecule has 6 aromatic rings. The largest absolute Gasteiger partial charge is 0.394 e. The minimum Gasteiger partial charge on any atom is -0.394 e. The van der Waals surface area contributed by atoms with Gasteiger partial charge < -0.3 is 107 Å². The van der Waals surface area contributed by atoms with Gasteiger partial charge in [-0.15, -0.1) is 0 Å². The molecule has 2 fully saturated rings. The second-order valence-electron chi connectivity index (χ2n) is 31.3. The van der Waals surface area contributed by atoms with Crippen LogP contribution in [0, 0.1) is 5.92 Å². The van der Waals surface area contributed by atoms with Crippen LogP contribution in [0.25, 0.3) is 10.8 Å². The molecular formula is C85H108ClN21O18. The molecule has 2 aliphatic rings. The monoisotopic (exact) mass is 1750 g/mol. The number of carbonyl (C=O) groups excluding carboxylic acids is 17. The number of hydrogen-bond acceptors (Lipinski definition) is 20. The summed E-state index contributed by atoms with van der Waals surface area (Å²) in [6.07, 6.45) is 2.37. The molecule has 11 atom stereocenters. The van der Waals surface area contributed by atoms with Crippen LogP contribution in [0.15, 0.2) is 140 Å². The number of urea groups is 3. The van der Waals surface area contributed by atoms with Gasteiger partial charge >= 0.3 is 18.1 Å². The predicted octanol–water partition coefficient (Wildman–Crippen LogP) is -0.639. The summed E-state index contributed by atoms with van der Waals surface area (Å²) in [4.78, 5) is 240. The van der Waals surface area contributed by atoms with Crippen molar-refractivity contribution < 1.29 is 86.6 Å². The van der Waals surface area contributed by atoms with Crippen LogP contribution in [-0.2, 0) is 99.2 Å². The number of carbonyl (C=O) groups is 17. The molecule has 5 aromatic carbocycles. The first kappa shape index (κ1) is 96.8. The van der Waals surface area contributed by atoms with Gasteiger partial charge in [-0.25, -0.2) is 14.4 Å². The Labute approximate surface area is 725 Å². The number of anilines is 2. The Hall–Kier alpha value is -13.7. The number of likely N-dealkylation sites (tertiary alicyclic amines) is 1. The Bertz CT molecular complexity index is 4840. The molecule has 0 aliphatic carbocycles. The van der Waals surface area contributed by atoms with E-state index in [0.29, 0.717) is 47.5 Å². The number of aliphatic hydroxyl groups is 1. The smallest absolute Gasteiger partial charge is 0.322 e. The third-order valence-electron chi connectivity index (χ3n) is 20.4. The number of nitrogens with zero attached hydrogens (tertiary/aromatic N) is 3. The lowest BCUT2D eigenvalue weighted by Gasteiger charge is -2.31. The van der Waals surface area contributed by atoms with Crippen molar-refractivity contribution >= 4 is 135 Å². The standard InChI is InChI=1S/C85H108ClN21O18/c1-46(2)34-60(74(114)96-59(15-8-9-32-92-47(3)4)82(122)107-33-11-16-68(107)81(121)93-48(5)72(89)112)97-75(115)62(37-51-22-29-58(30-23-51)95-85(125)106(43-69(87)109)44-70(88)110)98-77(117)63(38-50-20-27-57(28-21-50)94-73(113)66-41-71(111)105-84(124)104-66)101-80(120)67(45-108)102-78(118)64(40-53-12-10-31-91-42-53)100-76(116)61(36-49-18-25-56(86)26-19-49)99-79(119)65(103-83(90)123)39-52-17-24-54-13-6-7-14-55(54)35-52/h6-7,10,12-14,17-31,35,42,46-48,59-68,92,108H,8-9,11,15-16,32-34,36-41,43-45H2,1-5H3,(H2,87,109)(H2,88,110)(H2,89,112)(H,93,121)(H,94,113)(H,95,125)(H,96,114)(H,97,115)(H,98,117)(H,99,119)(H,100,116)(H,101,120)(H,102,118)(H3,90,103,123)(H2,104,105,111,124)/t48-,59+,60+,61-,62-,63+,64-,65-,66?,67+,68+/m1/s1. The maximum atomic E-state index is 15.6. The zero-order valence-electron chi connectivity index (χ0n) is 69.7. The lowest BCUT2D eigenvalue weighted by Crippen LogP contribution is -2.62. The minimum absolute atomic E-state index is 0.0644. The normalized spacial score (nSPS) is 15.8. The summed E-state index contributed by atoms with van der Waals surface area (Å²) in [5.74, 6) is -13.0. The molecule has 23 N–H and O–H groups in total. The number of benzene rings is 5. The highest BCUT2D eigenvalue weighted by molar-refractivity contribution is 6.30. The molecule has 0 saturated carbocycles. The predicted molar refractivity (Wildman–Crippen MR) is 459 cm³/mol. The van der Waals surface area contributed by atoms with Gasteiger partial charge in [0, 0.05) is 73.5 Å². The van der Waals surface area contributed by atoms with Crippen molar-refractivity contribution in [1.82, 2.24) is 78.6 Å². The number of aromatic nitrogens is 1. The van der Waals surface area contributed by atoms with E-state index in [1.54, 1.807) is 56.3 Å². The minimum atomic E-state index is -1.98. The number of primary amides is 4. The second kappa shape index (κ2) is 47.1. The van der Waals surface area contributed by atoms with Crippen molar-refractivity contribution in [3.05, 3.63) is 173 Å². The third kappa shape index (κ3) is 31.0. The molecule has 1 aromatic heterocycles. The van der Waals surface area contributed by atoms with E-state index >= 15 is 28.8 Å². The van der Waals surface area contributed by atoms with Gasteiger partial charge in [0.15, 0.2) is 0 Å². The van der Waals surface area contributed by atoms with Crippen molar-refractivity contribution in [2.24, 2.45) is 28.9 Å². The van der Waals surface area contributed by atoms with Gasteiger partial charge in [-0.2, -0.15) is 0 Å². The van der Waals surface area contributed by atoms with Crippen LogP contribution >= 0.6 is 11.6 Å². The van der Waals surface area contributed by atoms with Gasteiger partial charge in [0.25, 0.3) is 0 Å². The fourth-order valence-corrected chi connectivity index (χ4v) is 14.1. The molecule has 1 unspecified atom stereocenters. The van der Waals surface area contributed by atoms with E-state index in [9.17, 15) is 57.8 Å². The highest BCUT2D eigenvalue weighted by Crippen LogP contribution is 2.24. The molecule has 0 radical (unpaired) electrons. The molecule has 0 spiro atoms. The van der Waals surface area contributed by atoms with Crippen LogP contribution in [0.4, 0.5) is 25.8 Å². The molecule has 3 heterocycles. The average molecular weight is 1750 g/mol. The highest BCUT2D eigenvalue weighted by Gasteiger charge is 2.41. The molecular weight excluding hydrogens is 1640 g/mol. The summed E-state index contributed by atoms with van der Waals surface area (Å²) in [6.45, 7) is 6.88. The fourth-order valence-electron chi connectivity index (χ4n) is 13.9. The van der Waals surface area contributed by atoms with Gasteiger partial charge in [-0.3, -0.25) is 77.4 Å². The van der Waals surface area contributed by atoms with E-state index < -0.39 is 206 Å². The first-order chi connectivity index (χ1) is 59.5. The number of hydrogen-bond donors (Lipinski definition) is 19. The fraction of sp³-hybridized carbons (Fsp3) is 0.412. The molecule has 8 rings (SSSR count). The number of pyridine rings is 1. The Balaban J connectivity index is 1.13. The number of nitrogens with one attached hydrogen (secondary N) is 14. The lowest BCUT2D eigenvalue weighted by molar-refractivity contribution is -0.142. The van der Waals surface area contributed by atoms with Crippen LogP contribution < -0.4 is 97.4 Å². The molecule has 0 bridgehead atoms. The van der Waals surface area contributed by atoms with E-state index in [0.717, 1.165) is 15.7 Å². The Morgan fingerprint density at radius 3 is 1.51 bits per heavy atom. The van der Waals surface area contributed by atoms with Crippen LogP contribution in [-0.4, -0.2) is 226 Å². The number of fused-ring (bicyclic) bond motifs is 1. The zero-order chi connectivity index (χ0) is 91.1. The van der Waals surface area contributed by atoms with E-state index in [2.05, 4.69) is 74.1 Å². The molecule has 20 amide bonds. The maximum Gasteiger partial charge on any atom is 0.322 e. The van der Waals surface area contributed by atoms with E-state index in [1.807, 2.05) is 55.6 Å². The molecule has 125 heavy (non-hydrogen) atoms. The third-order valence-corrected chi connectivity index (χ3v) is 20.6. The van der Waals surface area contributed by atoms with Gasteiger partial charge in [0.05, 0.1) is 13.0 Å². The van der Waals surface area contributed by atoms with Crippen molar-refractivity contribution in [2.45, 2.75) is 184 Å². The second-order valence-corrected chi connectivity index (χ2v) is 31.7. The maximum absolute atomic E-state index is 15.6. The van der Waals surface area contributed by atoms with Crippen molar-refractivity contribution in [3.8, 4) is 0 Å². The van der Waals surface area contributed by atoms with Gasteiger partial charge in [-0.05, 0) is 139 Å². The molecule has 40 heteroatoms. The lowest BCUT2D eigenvalue weighted by atomic mass is 9.99. The Morgan fingerprint density at radius 2 is 1.01 bits per heavy atom. The van der Waals surface area contributed by atoms with Crippen LogP contribution in [0.3, 0.4) is 0 Å². The van der Waals surface area contributed by atoms with Gasteiger partial charge in [0.1, 0.15) is 79.5 Å². The summed E-state index contributed by atoms with van der Waals surface area (Å²) in [6, 6.07) is 14.4. The van der Waals surface area contributed by atoms with Crippen molar-refractivity contribution in [3.63, 3.8) is 0 Å². The quantitative estimate of drug-likeness (QED) is 0.0211. The molecule has 2 saturated heterocycles. The van der Waals surface area contributed by atoms with E-state index in [-0.39, 0.29) is 79.5 Å². The van der Waals surface area contributed by atoms with Gasteiger partial charge in [-0.1, -0.05) is 124 Å². The summed E-state index contributed by atoms with van der Waals surface area (Å²) in [7, 11) is 0. The SMILES string of the molecule is CC(C)C[C@H](NC(=O)[C@@H](Cc1ccc(NC(=O)N(CC(N)=O)CC(N)=O)cc1)NC(=O)[C@H](Cc1ccc(NC(=O)C2CC(=O)NC(=O)N2)cc1)NC(=O)[C@H](CO)NC(=O)[C@@H](Cc1cccnc1)NC(=O)[C@@H](Cc1ccc(Cl)cc1)NC(=O)[C@@H](Cc1ccc2ccccc2c1)NC(N)=O)C(=O)N[C@@H](CCCCNC(C)C)C(=O)N1CCC[C@H]1C(=O)N[C@H](C)C(N)=O. The summed E-state index contributed by atoms with van der Waals surface area (Å²) < 4.78 is 0. The van der Waals surface area contributed by atoms with E-state index in [4.69, 9.17) is 34.5 Å². The number of rotatable bonds is 45. The number of imide groups is 1. The Morgan fingerprint density at radius 1 is 0.528 bits per heavy atom. The number of unbranched alkanes of at least 4 members (excludes halogenated alkanes) is 1. The van der Waals surface area contributed by atoms with Gasteiger partial charge in [0.2, 0.25) is 82.7 Å². The summed E-state index contributed by atoms with van der Waals surface area (Å²) in [5.41, 5.74) is 24.0. The number of aliphatic hydroxyl groups excluding tert-OH is 1. The molecule has 2 aliphatic heterocycles. The van der Waals surface area contributed by atoms with Crippen molar-refractivity contribution in [2.75, 3.05) is 43.4 Å². The zero-order valence-corrected chi connectivity index (χ0v) is 70.5. The number of halogens is 1. The van der Waals surface area contributed by atoms with Crippen LogP contribution in [0.1, 0.15) is 107 Å². The molecule has 39 nitrogen and oxygen atoms in total. The average Bonchev–Trinajstić information content (AvgIpc) is 1.76. The van der Waals surface area contributed by atoms with Crippen LogP contribution in [0.2, 0.25) is 5.02 Å². The van der Waals surface area contributed by atoms with Crippen LogP contribution in [0.5, 0.6) is 0 Å². The molecule has 668 valence electrons. The first-order valence-electron chi connectivity index (χ1n) is 40.7. The summed E-state index contributed by atoms with van der Waals surface area (Å²) >= 11 is 6.27. The first-order valence-corrected chi connectivity index (χ1v) is 41.1. The van der Waals surface area contributed by atoms with Crippen molar-refractivity contribution in [1.29, 1.82) is 0 Å². The van der Waals surface area contributed by atoms with E-state index in [1.165, 1.54) is 72.7 Å². The number of nitrogens with two attached hydrogens (primary N) is 4. The topological polar surface area (TPSA) is 602 Å².